The number of halogens is 1. The summed E-state index contributed by atoms with van der Waals surface area (Å²) >= 11 is 5.85. The van der Waals surface area contributed by atoms with Crippen molar-refractivity contribution >= 4 is 17.5 Å². The first-order valence-electron chi connectivity index (χ1n) is 6.60. The molecule has 3 aromatic rings. The van der Waals surface area contributed by atoms with Crippen LogP contribution in [0.15, 0.2) is 53.1 Å². The van der Waals surface area contributed by atoms with Gasteiger partial charge >= 0.3 is 0 Å². The van der Waals surface area contributed by atoms with E-state index < -0.39 is 0 Å². The van der Waals surface area contributed by atoms with Crippen LogP contribution in [0.25, 0.3) is 11.5 Å². The fraction of sp³-hybridized carbons (Fsp3) is 0.125. The van der Waals surface area contributed by atoms with E-state index in [1.54, 1.807) is 12.1 Å². The second kappa shape index (κ2) is 5.97. The second-order valence-corrected chi connectivity index (χ2v) is 5.21. The van der Waals surface area contributed by atoms with Crippen LogP contribution in [0.2, 0.25) is 5.02 Å². The van der Waals surface area contributed by atoms with Gasteiger partial charge in [-0.1, -0.05) is 41.4 Å². The number of nitrogens with zero attached hydrogens (tertiary/aromatic N) is 2. The molecule has 3 rings (SSSR count). The van der Waals surface area contributed by atoms with E-state index in [1.807, 2.05) is 12.1 Å². The molecule has 106 valence electrons. The third-order valence-corrected chi connectivity index (χ3v) is 3.34. The molecule has 4 nitrogen and oxygen atoms in total. The summed E-state index contributed by atoms with van der Waals surface area (Å²) in [6, 6.07) is 15.6. The fourth-order valence-corrected chi connectivity index (χ4v) is 2.02. The monoisotopic (exact) mass is 299 g/mol. The number of rotatable bonds is 4. The van der Waals surface area contributed by atoms with Crippen LogP contribution in [0.1, 0.15) is 11.1 Å². The molecule has 0 saturated carbocycles. The first-order valence-corrected chi connectivity index (χ1v) is 6.97. The van der Waals surface area contributed by atoms with Gasteiger partial charge in [0.15, 0.2) is 0 Å². The molecule has 0 aliphatic carbocycles. The van der Waals surface area contributed by atoms with E-state index in [1.165, 1.54) is 11.1 Å². The molecule has 1 aromatic heterocycles. The van der Waals surface area contributed by atoms with Gasteiger partial charge < -0.3 is 9.84 Å². The second-order valence-electron chi connectivity index (χ2n) is 4.77. The quantitative estimate of drug-likeness (QED) is 0.780. The van der Waals surface area contributed by atoms with Gasteiger partial charge in [-0.05, 0) is 41.9 Å². The molecule has 0 amide bonds. The Hall–Kier alpha value is -2.33. The van der Waals surface area contributed by atoms with Gasteiger partial charge in [0.1, 0.15) is 0 Å². The Kier molecular flexibility index (Phi) is 3.88. The number of nitrogens with one attached hydrogen (secondary N) is 1. The average molecular weight is 300 g/mol. The number of benzene rings is 2. The molecule has 5 heteroatoms. The Bertz CT molecular complexity index is 720. The summed E-state index contributed by atoms with van der Waals surface area (Å²) in [6.45, 7) is 2.72. The van der Waals surface area contributed by atoms with Gasteiger partial charge in [0.25, 0.3) is 11.8 Å². The minimum absolute atomic E-state index is 0.470. The van der Waals surface area contributed by atoms with Gasteiger partial charge in [-0.25, -0.2) is 0 Å². The number of aromatic nitrogens is 2. The standard InChI is InChI=1S/C16H14ClN3O/c1-11-2-4-12(5-3-11)10-18-16-19-15(21-20-16)13-6-8-14(17)9-7-13/h2-9H,10H2,1H3,(H,18,20). The van der Waals surface area contributed by atoms with E-state index >= 15 is 0 Å². The van der Waals surface area contributed by atoms with Crippen molar-refractivity contribution in [1.29, 1.82) is 0 Å². The number of anilines is 1. The molecule has 2 aromatic carbocycles. The highest BCUT2D eigenvalue weighted by molar-refractivity contribution is 6.30. The van der Waals surface area contributed by atoms with Crippen LogP contribution in [0.4, 0.5) is 5.95 Å². The first kappa shape index (κ1) is 13.6. The maximum atomic E-state index is 5.85. The summed E-state index contributed by atoms with van der Waals surface area (Å²) < 4.78 is 5.23. The van der Waals surface area contributed by atoms with Crippen molar-refractivity contribution in [3.8, 4) is 11.5 Å². The zero-order valence-electron chi connectivity index (χ0n) is 11.5. The topological polar surface area (TPSA) is 51.0 Å². The zero-order chi connectivity index (χ0) is 14.7. The molecule has 21 heavy (non-hydrogen) atoms. The Balaban J connectivity index is 1.67. The molecule has 1 heterocycles. The minimum Gasteiger partial charge on any atom is -0.347 e. The Morgan fingerprint density at radius 3 is 2.48 bits per heavy atom. The SMILES string of the molecule is Cc1ccc(CNc2noc(-c3ccc(Cl)cc3)n2)cc1. The summed E-state index contributed by atoms with van der Waals surface area (Å²) in [5, 5.41) is 7.73. The van der Waals surface area contributed by atoms with E-state index in [0.29, 0.717) is 23.4 Å². The minimum atomic E-state index is 0.470. The van der Waals surface area contributed by atoms with Gasteiger partial charge in [-0.15, -0.1) is 0 Å². The summed E-state index contributed by atoms with van der Waals surface area (Å²) in [5.74, 6) is 0.943. The van der Waals surface area contributed by atoms with Crippen LogP contribution in [-0.4, -0.2) is 10.1 Å². The van der Waals surface area contributed by atoms with Gasteiger partial charge in [0, 0.05) is 17.1 Å². The van der Waals surface area contributed by atoms with E-state index in [0.717, 1.165) is 5.56 Å². The van der Waals surface area contributed by atoms with Crippen LogP contribution in [0.5, 0.6) is 0 Å². The average Bonchev–Trinajstić information content (AvgIpc) is 2.96. The summed E-state index contributed by atoms with van der Waals surface area (Å²) in [4.78, 5) is 4.31. The third-order valence-electron chi connectivity index (χ3n) is 3.09. The van der Waals surface area contributed by atoms with Crippen molar-refractivity contribution in [1.82, 2.24) is 10.1 Å². The fourth-order valence-electron chi connectivity index (χ4n) is 1.89. The normalized spacial score (nSPS) is 10.6. The van der Waals surface area contributed by atoms with E-state index in [4.69, 9.17) is 16.1 Å². The highest BCUT2D eigenvalue weighted by atomic mass is 35.5. The molecule has 0 radical (unpaired) electrons. The lowest BCUT2D eigenvalue weighted by molar-refractivity contribution is 0.432. The van der Waals surface area contributed by atoms with E-state index in [9.17, 15) is 0 Å². The van der Waals surface area contributed by atoms with E-state index in [2.05, 4.69) is 46.6 Å². The highest BCUT2D eigenvalue weighted by Gasteiger charge is 2.08. The van der Waals surface area contributed by atoms with Crippen molar-refractivity contribution in [2.24, 2.45) is 0 Å². The van der Waals surface area contributed by atoms with Crippen LogP contribution < -0.4 is 5.32 Å². The van der Waals surface area contributed by atoms with Gasteiger partial charge in [-0.2, -0.15) is 4.98 Å². The van der Waals surface area contributed by atoms with Crippen LogP contribution in [-0.2, 0) is 6.54 Å². The Morgan fingerprint density at radius 1 is 1.05 bits per heavy atom. The summed E-state index contributed by atoms with van der Waals surface area (Å²) in [6.07, 6.45) is 0. The molecule has 1 N–H and O–H groups in total. The smallest absolute Gasteiger partial charge is 0.264 e. The van der Waals surface area contributed by atoms with E-state index in [-0.39, 0.29) is 0 Å². The summed E-state index contributed by atoms with van der Waals surface area (Å²) in [5.41, 5.74) is 3.25. The predicted molar refractivity (Wildman–Crippen MR) is 83.2 cm³/mol. The number of hydrogen-bond donors (Lipinski definition) is 1. The third kappa shape index (κ3) is 3.41. The van der Waals surface area contributed by atoms with Crippen LogP contribution >= 0.6 is 11.6 Å². The highest BCUT2D eigenvalue weighted by Crippen LogP contribution is 2.20. The lowest BCUT2D eigenvalue weighted by Gasteiger charge is -2.01. The summed E-state index contributed by atoms with van der Waals surface area (Å²) in [7, 11) is 0. The lowest BCUT2D eigenvalue weighted by Crippen LogP contribution is -2.00. The molecular formula is C16H14ClN3O. The Morgan fingerprint density at radius 2 is 1.76 bits per heavy atom. The van der Waals surface area contributed by atoms with Crippen molar-refractivity contribution in [2.45, 2.75) is 13.5 Å². The molecule has 0 saturated heterocycles. The van der Waals surface area contributed by atoms with Crippen LogP contribution in [0, 0.1) is 6.92 Å². The first-order chi connectivity index (χ1) is 10.2. The molecule has 0 aliphatic rings. The molecule has 0 bridgehead atoms. The molecule has 0 fully saturated rings. The Labute approximate surface area is 127 Å². The van der Waals surface area contributed by atoms with Crippen molar-refractivity contribution in [2.75, 3.05) is 5.32 Å². The molecular weight excluding hydrogens is 286 g/mol. The molecule has 0 unspecified atom stereocenters. The number of hydrogen-bond acceptors (Lipinski definition) is 4. The molecule has 0 spiro atoms. The predicted octanol–water partition coefficient (Wildman–Crippen LogP) is 4.31. The maximum absolute atomic E-state index is 5.85. The van der Waals surface area contributed by atoms with Crippen molar-refractivity contribution in [3.05, 3.63) is 64.7 Å². The largest absolute Gasteiger partial charge is 0.347 e. The van der Waals surface area contributed by atoms with Gasteiger partial charge in [0.05, 0.1) is 0 Å². The zero-order valence-corrected chi connectivity index (χ0v) is 12.3. The lowest BCUT2D eigenvalue weighted by atomic mass is 10.1. The molecule has 0 atom stereocenters. The maximum Gasteiger partial charge on any atom is 0.264 e. The van der Waals surface area contributed by atoms with Crippen LogP contribution in [0.3, 0.4) is 0 Å². The van der Waals surface area contributed by atoms with Crippen molar-refractivity contribution < 1.29 is 4.52 Å². The van der Waals surface area contributed by atoms with Gasteiger partial charge in [0.2, 0.25) is 0 Å². The molecule has 0 aliphatic heterocycles. The number of aryl methyl sites for hydroxylation is 1. The van der Waals surface area contributed by atoms with Gasteiger partial charge in [-0.3, -0.25) is 0 Å². The van der Waals surface area contributed by atoms with Crippen molar-refractivity contribution in [3.63, 3.8) is 0 Å².